The molecule has 0 amide bonds. The van der Waals surface area contributed by atoms with Crippen LogP contribution in [0.2, 0.25) is 0 Å². The zero-order valence-electron chi connectivity index (χ0n) is 13.3. The maximum absolute atomic E-state index is 5.28. The monoisotopic (exact) mass is 287 g/mol. The van der Waals surface area contributed by atoms with E-state index in [1.807, 2.05) is 12.1 Å². The molecule has 21 heavy (non-hydrogen) atoms. The van der Waals surface area contributed by atoms with E-state index in [2.05, 4.69) is 34.8 Å². The summed E-state index contributed by atoms with van der Waals surface area (Å²) in [7, 11) is 1.68. The number of methoxy groups -OCH3 is 1. The summed E-state index contributed by atoms with van der Waals surface area (Å²) in [5.74, 6) is 1.88. The van der Waals surface area contributed by atoms with Crippen LogP contribution in [-0.4, -0.2) is 30.2 Å². The number of nitrogens with zero attached hydrogens (tertiary/aromatic N) is 3. The highest BCUT2D eigenvalue weighted by atomic mass is 16.5. The number of unbranched alkanes of at least 4 members (excludes halogenated alkanes) is 2. The molecule has 4 heteroatoms. The van der Waals surface area contributed by atoms with E-state index in [0.29, 0.717) is 0 Å². The Morgan fingerprint density at radius 2 is 1.76 bits per heavy atom. The highest BCUT2D eigenvalue weighted by molar-refractivity contribution is 5.90. The molecule has 0 atom stereocenters. The predicted molar refractivity (Wildman–Crippen MR) is 88.1 cm³/mol. The van der Waals surface area contributed by atoms with E-state index in [9.17, 15) is 0 Å². The number of fused-ring (bicyclic) bond motifs is 1. The van der Waals surface area contributed by atoms with Crippen molar-refractivity contribution in [3.8, 4) is 5.75 Å². The van der Waals surface area contributed by atoms with Gasteiger partial charge in [-0.2, -0.15) is 0 Å². The number of hydrogen-bond acceptors (Lipinski definition) is 4. The summed E-state index contributed by atoms with van der Waals surface area (Å²) in [4.78, 5) is 11.3. The van der Waals surface area contributed by atoms with Crippen molar-refractivity contribution in [2.75, 3.05) is 25.1 Å². The Labute approximate surface area is 127 Å². The fourth-order valence-electron chi connectivity index (χ4n) is 2.42. The first-order valence-electron chi connectivity index (χ1n) is 7.83. The molecule has 0 bridgehead atoms. The molecule has 0 aliphatic rings. The lowest BCUT2D eigenvalue weighted by Crippen LogP contribution is -2.26. The van der Waals surface area contributed by atoms with Crippen molar-refractivity contribution in [3.63, 3.8) is 0 Å². The van der Waals surface area contributed by atoms with Crippen LogP contribution in [0.15, 0.2) is 24.5 Å². The van der Waals surface area contributed by atoms with Gasteiger partial charge in [0.2, 0.25) is 0 Å². The van der Waals surface area contributed by atoms with Gasteiger partial charge in [-0.25, -0.2) is 9.97 Å². The van der Waals surface area contributed by atoms with Crippen LogP contribution in [0.3, 0.4) is 0 Å². The quantitative estimate of drug-likeness (QED) is 0.734. The maximum atomic E-state index is 5.28. The maximum Gasteiger partial charge on any atom is 0.139 e. The molecule has 0 N–H and O–H groups in total. The summed E-state index contributed by atoms with van der Waals surface area (Å²) in [6, 6.07) is 6.01. The number of hydrogen-bond donors (Lipinski definition) is 0. The number of ether oxygens (including phenoxy) is 1. The summed E-state index contributed by atoms with van der Waals surface area (Å²) < 4.78 is 5.28. The van der Waals surface area contributed by atoms with Gasteiger partial charge in [-0.05, 0) is 25.0 Å². The van der Waals surface area contributed by atoms with Crippen LogP contribution in [0.4, 0.5) is 5.82 Å². The Kier molecular flexibility index (Phi) is 5.78. The standard InChI is InChI=1S/C17H25N3O/c1-4-6-10-20(11-7-5-2)17-15-9-8-14(21-3)12-16(15)18-13-19-17/h8-9,12-13H,4-7,10-11H2,1-3H3. The van der Waals surface area contributed by atoms with Crippen molar-refractivity contribution < 1.29 is 4.74 Å². The lowest BCUT2D eigenvalue weighted by molar-refractivity contribution is 0.415. The van der Waals surface area contributed by atoms with Crippen LogP contribution in [0.1, 0.15) is 39.5 Å². The van der Waals surface area contributed by atoms with Gasteiger partial charge in [0, 0.05) is 24.5 Å². The molecule has 0 fully saturated rings. The molecule has 0 spiro atoms. The van der Waals surface area contributed by atoms with E-state index in [1.165, 1.54) is 25.7 Å². The zero-order valence-corrected chi connectivity index (χ0v) is 13.3. The van der Waals surface area contributed by atoms with Crippen LogP contribution in [0.25, 0.3) is 10.9 Å². The van der Waals surface area contributed by atoms with Gasteiger partial charge in [0.05, 0.1) is 12.6 Å². The third-order valence-electron chi connectivity index (χ3n) is 3.69. The molecule has 1 aromatic heterocycles. The summed E-state index contributed by atoms with van der Waals surface area (Å²) >= 11 is 0. The molecule has 0 saturated carbocycles. The summed E-state index contributed by atoms with van der Waals surface area (Å²) in [5.41, 5.74) is 0.942. The van der Waals surface area contributed by atoms with Gasteiger partial charge >= 0.3 is 0 Å². The van der Waals surface area contributed by atoms with Gasteiger partial charge in [-0.1, -0.05) is 26.7 Å². The minimum atomic E-state index is 0.834. The van der Waals surface area contributed by atoms with Gasteiger partial charge in [-0.15, -0.1) is 0 Å². The van der Waals surface area contributed by atoms with Crippen LogP contribution >= 0.6 is 0 Å². The van der Waals surface area contributed by atoms with Crippen molar-refractivity contribution in [1.29, 1.82) is 0 Å². The van der Waals surface area contributed by atoms with Gasteiger partial charge in [0.1, 0.15) is 17.9 Å². The highest BCUT2D eigenvalue weighted by Crippen LogP contribution is 2.26. The molecule has 114 valence electrons. The van der Waals surface area contributed by atoms with Crippen molar-refractivity contribution in [2.24, 2.45) is 0 Å². The minimum Gasteiger partial charge on any atom is -0.497 e. The minimum absolute atomic E-state index is 0.834. The Bertz CT molecular complexity index is 563. The van der Waals surface area contributed by atoms with Gasteiger partial charge in [0.25, 0.3) is 0 Å². The van der Waals surface area contributed by atoms with Crippen molar-refractivity contribution >= 4 is 16.7 Å². The topological polar surface area (TPSA) is 38.2 Å². The van der Waals surface area contributed by atoms with E-state index < -0.39 is 0 Å². The first-order valence-corrected chi connectivity index (χ1v) is 7.83. The molecule has 0 aliphatic heterocycles. The summed E-state index contributed by atoms with van der Waals surface area (Å²) in [6.07, 6.45) is 6.41. The first kappa shape index (κ1) is 15.5. The average molecular weight is 287 g/mol. The molecule has 4 nitrogen and oxygen atoms in total. The second-order valence-corrected chi connectivity index (χ2v) is 5.27. The fraction of sp³-hybridized carbons (Fsp3) is 0.529. The van der Waals surface area contributed by atoms with Gasteiger partial charge in [-0.3, -0.25) is 0 Å². The Hall–Kier alpha value is -1.84. The summed E-state index contributed by atoms with van der Waals surface area (Å²) in [5, 5.41) is 1.10. The van der Waals surface area contributed by atoms with Crippen molar-refractivity contribution in [3.05, 3.63) is 24.5 Å². The fourth-order valence-corrected chi connectivity index (χ4v) is 2.42. The molecule has 0 aliphatic carbocycles. The van der Waals surface area contributed by atoms with Crippen LogP contribution in [0, 0.1) is 0 Å². The second kappa shape index (κ2) is 7.81. The van der Waals surface area contributed by atoms with E-state index in [0.717, 1.165) is 35.6 Å². The second-order valence-electron chi connectivity index (χ2n) is 5.27. The largest absolute Gasteiger partial charge is 0.497 e. The molecule has 2 aromatic rings. The molecular weight excluding hydrogens is 262 g/mol. The molecule has 0 unspecified atom stereocenters. The zero-order chi connectivity index (χ0) is 15.1. The van der Waals surface area contributed by atoms with Crippen LogP contribution in [-0.2, 0) is 0 Å². The third-order valence-corrected chi connectivity index (χ3v) is 3.69. The first-order chi connectivity index (χ1) is 10.3. The molecule has 0 saturated heterocycles. The van der Waals surface area contributed by atoms with Crippen molar-refractivity contribution in [2.45, 2.75) is 39.5 Å². The molecule has 1 heterocycles. The Morgan fingerprint density at radius 3 is 2.38 bits per heavy atom. The lowest BCUT2D eigenvalue weighted by Gasteiger charge is -2.24. The Balaban J connectivity index is 2.36. The van der Waals surface area contributed by atoms with E-state index in [-0.39, 0.29) is 0 Å². The normalized spacial score (nSPS) is 10.8. The number of benzene rings is 1. The smallest absolute Gasteiger partial charge is 0.139 e. The molecular formula is C17H25N3O. The molecule has 1 aromatic carbocycles. The summed E-state index contributed by atoms with van der Waals surface area (Å²) in [6.45, 7) is 6.55. The highest BCUT2D eigenvalue weighted by Gasteiger charge is 2.12. The predicted octanol–water partition coefficient (Wildman–Crippen LogP) is 4.05. The van der Waals surface area contributed by atoms with Crippen molar-refractivity contribution in [1.82, 2.24) is 9.97 Å². The Morgan fingerprint density at radius 1 is 1.05 bits per heavy atom. The number of aromatic nitrogens is 2. The molecule has 2 rings (SSSR count). The van der Waals surface area contributed by atoms with Crippen LogP contribution in [0.5, 0.6) is 5.75 Å². The van der Waals surface area contributed by atoms with Gasteiger partial charge < -0.3 is 9.64 Å². The van der Waals surface area contributed by atoms with E-state index in [1.54, 1.807) is 13.4 Å². The van der Waals surface area contributed by atoms with Crippen LogP contribution < -0.4 is 9.64 Å². The SMILES string of the molecule is CCCCN(CCCC)c1ncnc2cc(OC)ccc12. The average Bonchev–Trinajstić information content (AvgIpc) is 2.54. The van der Waals surface area contributed by atoms with Gasteiger partial charge in [0.15, 0.2) is 0 Å². The molecule has 0 radical (unpaired) electrons. The number of anilines is 1. The lowest BCUT2D eigenvalue weighted by atomic mass is 10.2. The number of rotatable bonds is 8. The van der Waals surface area contributed by atoms with E-state index in [4.69, 9.17) is 4.74 Å². The van der Waals surface area contributed by atoms with E-state index >= 15 is 0 Å². The third kappa shape index (κ3) is 3.84.